The average Bonchev–Trinajstić information content (AvgIpc) is 2.41. The number of carbonyl (C=O) groups is 1. The fraction of sp³-hybridized carbons (Fsp3) is 0.154. The zero-order valence-corrected chi connectivity index (χ0v) is 12.2. The number of carbonyl (C=O) groups excluding carboxylic acids is 1. The highest BCUT2D eigenvalue weighted by Crippen LogP contribution is 2.20. The summed E-state index contributed by atoms with van der Waals surface area (Å²) in [6.07, 6.45) is 1.26. The van der Waals surface area contributed by atoms with Crippen LogP contribution in [0.3, 0.4) is 0 Å². The van der Waals surface area contributed by atoms with Crippen molar-refractivity contribution in [3.8, 4) is 0 Å². The van der Waals surface area contributed by atoms with Gasteiger partial charge in [0.15, 0.2) is 0 Å². The fourth-order valence-electron chi connectivity index (χ4n) is 1.64. The van der Waals surface area contributed by atoms with Crippen molar-refractivity contribution in [2.75, 3.05) is 0 Å². The third-order valence-electron chi connectivity index (χ3n) is 2.70. The van der Waals surface area contributed by atoms with Crippen LogP contribution in [0.1, 0.15) is 5.56 Å². The Morgan fingerprint density at radius 1 is 1.24 bits per heavy atom. The standard InChI is InChI=1S/C13H11Cl2N3O3/c14-9-2-1-8(10(15)5-9)6-16-12(20)7-18-4-3-11(19)17-13(18)21/h1-5H,6-7H2,(H,16,20)(H,17,19,21). The summed E-state index contributed by atoms with van der Waals surface area (Å²) >= 11 is 11.8. The van der Waals surface area contributed by atoms with Crippen LogP contribution in [-0.4, -0.2) is 15.5 Å². The molecule has 0 aliphatic rings. The van der Waals surface area contributed by atoms with E-state index in [2.05, 4.69) is 10.3 Å². The van der Waals surface area contributed by atoms with Gasteiger partial charge in [0.25, 0.3) is 5.56 Å². The van der Waals surface area contributed by atoms with E-state index in [1.807, 2.05) is 0 Å². The fourth-order valence-corrected chi connectivity index (χ4v) is 2.11. The van der Waals surface area contributed by atoms with Gasteiger partial charge in [-0.1, -0.05) is 29.3 Å². The first-order valence-corrected chi connectivity index (χ1v) is 6.72. The van der Waals surface area contributed by atoms with Gasteiger partial charge in [-0.3, -0.25) is 19.1 Å². The summed E-state index contributed by atoms with van der Waals surface area (Å²) in [5, 5.41) is 3.59. The van der Waals surface area contributed by atoms with Crippen molar-refractivity contribution in [3.63, 3.8) is 0 Å². The minimum Gasteiger partial charge on any atom is -0.350 e. The Labute approximate surface area is 129 Å². The molecular weight excluding hydrogens is 317 g/mol. The highest BCUT2D eigenvalue weighted by Gasteiger charge is 2.06. The van der Waals surface area contributed by atoms with Crippen molar-refractivity contribution in [1.29, 1.82) is 0 Å². The minimum absolute atomic E-state index is 0.194. The van der Waals surface area contributed by atoms with E-state index < -0.39 is 11.2 Å². The molecule has 2 aromatic rings. The van der Waals surface area contributed by atoms with Crippen molar-refractivity contribution in [3.05, 3.63) is 66.9 Å². The van der Waals surface area contributed by atoms with Gasteiger partial charge in [-0.25, -0.2) is 4.79 Å². The van der Waals surface area contributed by atoms with Gasteiger partial charge in [0.1, 0.15) is 6.54 Å². The number of halogens is 2. The molecule has 0 aliphatic heterocycles. The molecule has 1 heterocycles. The van der Waals surface area contributed by atoms with E-state index >= 15 is 0 Å². The van der Waals surface area contributed by atoms with Gasteiger partial charge < -0.3 is 5.32 Å². The monoisotopic (exact) mass is 327 g/mol. The number of aromatic amines is 1. The average molecular weight is 328 g/mol. The Balaban J connectivity index is 1.99. The molecular formula is C13H11Cl2N3O3. The molecule has 0 unspecified atom stereocenters. The number of nitrogens with one attached hydrogen (secondary N) is 2. The summed E-state index contributed by atoms with van der Waals surface area (Å²) in [5.74, 6) is -0.379. The Morgan fingerprint density at radius 2 is 2.00 bits per heavy atom. The molecule has 110 valence electrons. The molecule has 0 bridgehead atoms. The Kier molecular flexibility index (Phi) is 4.82. The van der Waals surface area contributed by atoms with E-state index in [1.165, 1.54) is 12.3 Å². The Bertz CT molecular complexity index is 783. The van der Waals surface area contributed by atoms with Gasteiger partial charge in [-0.2, -0.15) is 0 Å². The lowest BCUT2D eigenvalue weighted by Gasteiger charge is -2.08. The topological polar surface area (TPSA) is 84.0 Å². The van der Waals surface area contributed by atoms with Crippen molar-refractivity contribution in [1.82, 2.24) is 14.9 Å². The number of hydrogen-bond donors (Lipinski definition) is 2. The molecule has 0 atom stereocenters. The lowest BCUT2D eigenvalue weighted by Crippen LogP contribution is -2.35. The summed E-state index contributed by atoms with van der Waals surface area (Å²) in [6.45, 7) is 0.0216. The van der Waals surface area contributed by atoms with Gasteiger partial charge in [-0.05, 0) is 17.7 Å². The molecule has 0 fully saturated rings. The first-order valence-electron chi connectivity index (χ1n) is 5.96. The molecule has 21 heavy (non-hydrogen) atoms. The lowest BCUT2D eigenvalue weighted by atomic mass is 10.2. The number of H-pyrrole nitrogens is 1. The molecule has 0 saturated heterocycles. The van der Waals surface area contributed by atoms with E-state index in [4.69, 9.17) is 23.2 Å². The molecule has 2 rings (SSSR count). The summed E-state index contributed by atoms with van der Waals surface area (Å²) in [5.41, 5.74) is -0.435. The maximum absolute atomic E-state index is 11.8. The zero-order chi connectivity index (χ0) is 15.4. The van der Waals surface area contributed by atoms with Crippen molar-refractivity contribution >= 4 is 29.1 Å². The van der Waals surface area contributed by atoms with Crippen molar-refractivity contribution < 1.29 is 4.79 Å². The third kappa shape index (κ3) is 4.21. The van der Waals surface area contributed by atoms with Gasteiger partial charge in [-0.15, -0.1) is 0 Å². The normalized spacial score (nSPS) is 10.4. The Hall–Kier alpha value is -2.05. The number of benzene rings is 1. The van der Waals surface area contributed by atoms with E-state index in [9.17, 15) is 14.4 Å². The number of aromatic nitrogens is 2. The number of rotatable bonds is 4. The molecule has 2 N–H and O–H groups in total. The van der Waals surface area contributed by atoms with Crippen LogP contribution in [0, 0.1) is 0 Å². The number of amides is 1. The third-order valence-corrected chi connectivity index (χ3v) is 3.29. The number of hydrogen-bond acceptors (Lipinski definition) is 3. The predicted octanol–water partition coefficient (Wildman–Crippen LogP) is 1.16. The molecule has 1 aromatic heterocycles. The van der Waals surface area contributed by atoms with Crippen LogP contribution < -0.4 is 16.6 Å². The van der Waals surface area contributed by atoms with Crippen molar-refractivity contribution in [2.45, 2.75) is 13.1 Å². The van der Waals surface area contributed by atoms with Gasteiger partial charge in [0, 0.05) is 28.9 Å². The molecule has 0 aliphatic carbocycles. The van der Waals surface area contributed by atoms with E-state index in [0.717, 1.165) is 4.57 Å². The molecule has 6 nitrogen and oxygen atoms in total. The minimum atomic E-state index is -0.637. The van der Waals surface area contributed by atoms with Crippen LogP contribution in [0.15, 0.2) is 40.1 Å². The van der Waals surface area contributed by atoms with E-state index in [0.29, 0.717) is 15.6 Å². The van der Waals surface area contributed by atoms with E-state index in [1.54, 1.807) is 18.2 Å². The molecule has 1 amide bonds. The number of nitrogens with zero attached hydrogens (tertiary/aromatic N) is 1. The first-order chi connectivity index (χ1) is 9.95. The maximum Gasteiger partial charge on any atom is 0.328 e. The van der Waals surface area contributed by atoms with Gasteiger partial charge in [0.05, 0.1) is 0 Å². The van der Waals surface area contributed by atoms with Crippen LogP contribution in [0.2, 0.25) is 10.0 Å². The van der Waals surface area contributed by atoms with E-state index in [-0.39, 0.29) is 19.0 Å². The van der Waals surface area contributed by atoms with Crippen LogP contribution in [-0.2, 0) is 17.9 Å². The summed E-state index contributed by atoms with van der Waals surface area (Å²) in [4.78, 5) is 36.2. The highest BCUT2D eigenvalue weighted by atomic mass is 35.5. The lowest BCUT2D eigenvalue weighted by molar-refractivity contribution is -0.121. The van der Waals surface area contributed by atoms with Crippen LogP contribution in [0.4, 0.5) is 0 Å². The largest absolute Gasteiger partial charge is 0.350 e. The Morgan fingerprint density at radius 3 is 2.67 bits per heavy atom. The van der Waals surface area contributed by atoms with Gasteiger partial charge >= 0.3 is 5.69 Å². The van der Waals surface area contributed by atoms with Crippen LogP contribution in [0.5, 0.6) is 0 Å². The summed E-state index contributed by atoms with van der Waals surface area (Å²) in [6, 6.07) is 6.13. The highest BCUT2D eigenvalue weighted by molar-refractivity contribution is 6.35. The smallest absolute Gasteiger partial charge is 0.328 e. The van der Waals surface area contributed by atoms with Crippen molar-refractivity contribution in [2.24, 2.45) is 0 Å². The second-order valence-corrected chi connectivity index (χ2v) is 5.09. The first kappa shape index (κ1) is 15.3. The second kappa shape index (κ2) is 6.60. The molecule has 0 saturated carbocycles. The summed E-state index contributed by atoms with van der Waals surface area (Å²) < 4.78 is 1.10. The maximum atomic E-state index is 11.8. The molecule has 0 spiro atoms. The van der Waals surface area contributed by atoms with Gasteiger partial charge in [0.2, 0.25) is 5.91 Å². The quantitative estimate of drug-likeness (QED) is 0.883. The zero-order valence-electron chi connectivity index (χ0n) is 10.7. The van der Waals surface area contributed by atoms with Crippen LogP contribution >= 0.6 is 23.2 Å². The van der Waals surface area contributed by atoms with Crippen LogP contribution in [0.25, 0.3) is 0 Å². The molecule has 1 aromatic carbocycles. The SMILES string of the molecule is O=C(Cn1ccc(=O)[nH]c1=O)NCc1ccc(Cl)cc1Cl. The molecule has 0 radical (unpaired) electrons. The summed E-state index contributed by atoms with van der Waals surface area (Å²) in [7, 11) is 0. The second-order valence-electron chi connectivity index (χ2n) is 4.25. The molecule has 8 heteroatoms. The predicted molar refractivity (Wildman–Crippen MR) is 79.6 cm³/mol.